The molecule has 0 aliphatic heterocycles. The largest absolute Gasteiger partial charge is 0.489 e. The Morgan fingerprint density at radius 2 is 1.94 bits per heavy atom. The lowest BCUT2D eigenvalue weighted by atomic mass is 10.3. The number of nitrogens with zero attached hydrogens (tertiary/aromatic N) is 1. The summed E-state index contributed by atoms with van der Waals surface area (Å²) in [6, 6.07) is 5.12. The van der Waals surface area contributed by atoms with Crippen LogP contribution in [0.1, 0.15) is 0 Å². The van der Waals surface area contributed by atoms with Gasteiger partial charge in [-0.2, -0.15) is 0 Å². The first-order chi connectivity index (χ1) is 8.06. The Morgan fingerprint density at radius 3 is 2.47 bits per heavy atom. The molecule has 0 aromatic heterocycles. The van der Waals surface area contributed by atoms with E-state index in [0.29, 0.717) is 28.9 Å². The number of carbonyl (C=O) groups excluding carboxylic acids is 1. The number of rotatable bonds is 5. The van der Waals surface area contributed by atoms with Gasteiger partial charge in [0.1, 0.15) is 12.5 Å². The average molecular weight is 297 g/mol. The number of carbonyl (C=O) groups is 1. The van der Waals surface area contributed by atoms with Crippen LogP contribution in [0.3, 0.4) is 0 Å². The number of halogens is 3. The number of ether oxygens (including phenoxy) is 1. The molecule has 0 saturated carbocycles. The second-order valence-corrected chi connectivity index (χ2v) is 4.43. The van der Waals surface area contributed by atoms with Gasteiger partial charge in [-0.05, 0) is 12.1 Å². The van der Waals surface area contributed by atoms with Crippen molar-refractivity contribution in [2.75, 3.05) is 26.1 Å². The zero-order chi connectivity index (χ0) is 12.8. The van der Waals surface area contributed by atoms with Crippen molar-refractivity contribution >= 4 is 40.7 Å². The molecule has 0 atom stereocenters. The molecule has 0 unspecified atom stereocenters. The number of benzene rings is 1. The molecule has 1 aromatic carbocycles. The second kappa shape index (κ2) is 6.94. The number of hydrogen-bond acceptors (Lipinski definition) is 2. The molecule has 1 rings (SSSR count). The van der Waals surface area contributed by atoms with E-state index in [-0.39, 0.29) is 11.8 Å². The molecule has 0 saturated heterocycles. The third-order valence-electron chi connectivity index (χ3n) is 2.13. The van der Waals surface area contributed by atoms with E-state index in [1.54, 1.807) is 25.2 Å². The maximum absolute atomic E-state index is 11.2. The van der Waals surface area contributed by atoms with Crippen LogP contribution in [0.15, 0.2) is 18.2 Å². The van der Waals surface area contributed by atoms with E-state index < -0.39 is 0 Å². The van der Waals surface area contributed by atoms with Gasteiger partial charge in [0.2, 0.25) is 5.91 Å². The molecule has 0 N–H and O–H groups in total. The van der Waals surface area contributed by atoms with Gasteiger partial charge < -0.3 is 9.64 Å². The van der Waals surface area contributed by atoms with Crippen molar-refractivity contribution in [2.24, 2.45) is 0 Å². The van der Waals surface area contributed by atoms with E-state index in [4.69, 9.17) is 39.5 Å². The minimum absolute atomic E-state index is 0.0383. The lowest BCUT2D eigenvalue weighted by Crippen LogP contribution is -2.31. The molecular formula is C11H12Cl3NO2. The van der Waals surface area contributed by atoms with Gasteiger partial charge in [0.05, 0.1) is 16.6 Å². The summed E-state index contributed by atoms with van der Waals surface area (Å²) in [4.78, 5) is 12.7. The van der Waals surface area contributed by atoms with E-state index in [9.17, 15) is 4.79 Å². The van der Waals surface area contributed by atoms with Crippen molar-refractivity contribution in [1.29, 1.82) is 0 Å². The molecule has 0 radical (unpaired) electrons. The van der Waals surface area contributed by atoms with Gasteiger partial charge >= 0.3 is 0 Å². The Balaban J connectivity index is 2.49. The predicted octanol–water partition coefficient (Wildman–Crippen LogP) is 3.07. The SMILES string of the molecule is CN(CCOc1c(Cl)cccc1Cl)C(=O)CCl. The Kier molecular flexibility index (Phi) is 5.89. The van der Waals surface area contributed by atoms with Crippen LogP contribution in [-0.2, 0) is 4.79 Å². The standard InChI is InChI=1S/C11H12Cl3NO2/c1-15(10(16)7-12)5-6-17-11-8(13)3-2-4-9(11)14/h2-4H,5-7H2,1H3. The van der Waals surface area contributed by atoms with Crippen LogP contribution >= 0.6 is 34.8 Å². The van der Waals surface area contributed by atoms with E-state index in [1.165, 1.54) is 4.90 Å². The van der Waals surface area contributed by atoms with Crippen LogP contribution in [-0.4, -0.2) is 36.9 Å². The molecule has 94 valence electrons. The van der Waals surface area contributed by atoms with Crippen molar-refractivity contribution < 1.29 is 9.53 Å². The number of alkyl halides is 1. The molecule has 6 heteroatoms. The van der Waals surface area contributed by atoms with Gasteiger partial charge in [-0.3, -0.25) is 4.79 Å². The first-order valence-electron chi connectivity index (χ1n) is 4.93. The fraction of sp³-hybridized carbons (Fsp3) is 0.364. The van der Waals surface area contributed by atoms with Crippen molar-refractivity contribution in [2.45, 2.75) is 0 Å². The lowest BCUT2D eigenvalue weighted by Gasteiger charge is -2.16. The van der Waals surface area contributed by atoms with Gasteiger partial charge in [0, 0.05) is 7.05 Å². The average Bonchev–Trinajstić information content (AvgIpc) is 2.31. The van der Waals surface area contributed by atoms with Gasteiger partial charge in [0.15, 0.2) is 5.75 Å². The van der Waals surface area contributed by atoms with E-state index in [1.807, 2.05) is 0 Å². The topological polar surface area (TPSA) is 29.5 Å². The summed E-state index contributed by atoms with van der Waals surface area (Å²) in [6.07, 6.45) is 0. The van der Waals surface area contributed by atoms with Crippen molar-refractivity contribution in [3.63, 3.8) is 0 Å². The summed E-state index contributed by atoms with van der Waals surface area (Å²) in [5.74, 6) is 0.242. The van der Waals surface area contributed by atoms with Crippen LogP contribution < -0.4 is 4.74 Å². The minimum Gasteiger partial charge on any atom is -0.489 e. The molecule has 3 nitrogen and oxygen atoms in total. The van der Waals surface area contributed by atoms with Crippen molar-refractivity contribution in [1.82, 2.24) is 4.90 Å². The molecule has 0 aliphatic rings. The fourth-order valence-electron chi connectivity index (χ4n) is 1.13. The zero-order valence-corrected chi connectivity index (χ0v) is 11.5. The van der Waals surface area contributed by atoms with E-state index in [0.717, 1.165) is 0 Å². The maximum atomic E-state index is 11.2. The minimum atomic E-state index is -0.152. The summed E-state index contributed by atoms with van der Waals surface area (Å²) in [5.41, 5.74) is 0. The number of para-hydroxylation sites is 1. The summed E-state index contributed by atoms with van der Waals surface area (Å²) in [7, 11) is 1.66. The zero-order valence-electron chi connectivity index (χ0n) is 9.25. The number of likely N-dealkylation sites (N-methyl/N-ethyl adjacent to an activating group) is 1. The smallest absolute Gasteiger partial charge is 0.237 e. The maximum Gasteiger partial charge on any atom is 0.237 e. The van der Waals surface area contributed by atoms with Crippen LogP contribution in [0.4, 0.5) is 0 Å². The highest BCUT2D eigenvalue weighted by Crippen LogP contribution is 2.32. The van der Waals surface area contributed by atoms with E-state index in [2.05, 4.69) is 0 Å². The first-order valence-corrected chi connectivity index (χ1v) is 6.22. The molecule has 1 amide bonds. The van der Waals surface area contributed by atoms with Crippen molar-refractivity contribution in [3.05, 3.63) is 28.2 Å². The Bertz CT molecular complexity index is 378. The Morgan fingerprint density at radius 1 is 1.35 bits per heavy atom. The van der Waals surface area contributed by atoms with Crippen molar-refractivity contribution in [3.8, 4) is 5.75 Å². The predicted molar refractivity (Wildman–Crippen MR) is 70.3 cm³/mol. The van der Waals surface area contributed by atoms with Crippen LogP contribution in [0.5, 0.6) is 5.75 Å². The molecule has 0 spiro atoms. The third kappa shape index (κ3) is 4.26. The highest BCUT2D eigenvalue weighted by molar-refractivity contribution is 6.37. The molecule has 0 fully saturated rings. The fourth-order valence-corrected chi connectivity index (χ4v) is 1.84. The van der Waals surface area contributed by atoms with E-state index >= 15 is 0 Å². The first kappa shape index (κ1) is 14.4. The van der Waals surface area contributed by atoms with Crippen LogP contribution in [0.2, 0.25) is 10.0 Å². The van der Waals surface area contributed by atoms with Crippen LogP contribution in [0.25, 0.3) is 0 Å². The molecule has 1 aromatic rings. The summed E-state index contributed by atoms with van der Waals surface area (Å²) in [6.45, 7) is 0.732. The normalized spacial score (nSPS) is 10.1. The number of hydrogen-bond donors (Lipinski definition) is 0. The third-order valence-corrected chi connectivity index (χ3v) is 2.96. The Hall–Kier alpha value is -0.640. The lowest BCUT2D eigenvalue weighted by molar-refractivity contribution is -0.127. The quantitative estimate of drug-likeness (QED) is 0.782. The summed E-state index contributed by atoms with van der Waals surface area (Å²) in [5, 5.41) is 0.896. The molecule has 0 bridgehead atoms. The Labute approximate surface area is 115 Å². The highest BCUT2D eigenvalue weighted by atomic mass is 35.5. The van der Waals surface area contributed by atoms with Gasteiger partial charge in [-0.25, -0.2) is 0 Å². The number of amides is 1. The highest BCUT2D eigenvalue weighted by Gasteiger charge is 2.09. The second-order valence-electron chi connectivity index (χ2n) is 3.35. The van der Waals surface area contributed by atoms with Gasteiger partial charge in [-0.1, -0.05) is 29.3 Å². The molecular weight excluding hydrogens is 284 g/mol. The van der Waals surface area contributed by atoms with Gasteiger partial charge in [0.25, 0.3) is 0 Å². The monoisotopic (exact) mass is 295 g/mol. The molecule has 0 aliphatic carbocycles. The summed E-state index contributed by atoms with van der Waals surface area (Å²) < 4.78 is 5.43. The van der Waals surface area contributed by atoms with Gasteiger partial charge in [-0.15, -0.1) is 11.6 Å². The molecule has 17 heavy (non-hydrogen) atoms. The van der Waals surface area contributed by atoms with Crippen LogP contribution in [0, 0.1) is 0 Å². The summed E-state index contributed by atoms with van der Waals surface area (Å²) >= 11 is 17.3. The molecule has 0 heterocycles.